The first-order valence-corrected chi connectivity index (χ1v) is 7.81. The summed E-state index contributed by atoms with van der Waals surface area (Å²) in [4.78, 5) is 11.3. The molecule has 0 bridgehead atoms. The van der Waals surface area contributed by atoms with Crippen LogP contribution in [0.4, 0.5) is 13.2 Å². The lowest BCUT2D eigenvalue weighted by Gasteiger charge is -2.22. The molecular weight excluding hydrogens is 325 g/mol. The molecule has 1 amide bonds. The van der Waals surface area contributed by atoms with Crippen LogP contribution in [-0.4, -0.2) is 33.3 Å². The molecule has 0 unspecified atom stereocenters. The van der Waals surface area contributed by atoms with E-state index in [1.165, 1.54) is 0 Å². The molecule has 6 nitrogen and oxygen atoms in total. The van der Waals surface area contributed by atoms with Crippen LogP contribution in [0.25, 0.3) is 0 Å². The Labute approximate surface area is 124 Å². The van der Waals surface area contributed by atoms with Crippen LogP contribution in [0, 0.1) is 0 Å². The van der Waals surface area contributed by atoms with E-state index in [9.17, 15) is 26.4 Å². The molecule has 1 saturated heterocycles. The van der Waals surface area contributed by atoms with E-state index in [4.69, 9.17) is 0 Å². The summed E-state index contributed by atoms with van der Waals surface area (Å²) in [5, 5.41) is 2.53. The van der Waals surface area contributed by atoms with Crippen LogP contribution in [0.5, 0.6) is 5.75 Å². The van der Waals surface area contributed by atoms with Crippen molar-refractivity contribution in [3.05, 3.63) is 24.3 Å². The summed E-state index contributed by atoms with van der Waals surface area (Å²) < 4.78 is 66.2. The fourth-order valence-electron chi connectivity index (χ4n) is 1.96. The van der Waals surface area contributed by atoms with Gasteiger partial charge in [0.05, 0.1) is 4.90 Å². The second-order valence-electron chi connectivity index (χ2n) is 4.63. The maximum absolute atomic E-state index is 12.1. The van der Waals surface area contributed by atoms with Crippen LogP contribution in [0.3, 0.4) is 0 Å². The highest BCUT2D eigenvalue weighted by Gasteiger charge is 2.31. The van der Waals surface area contributed by atoms with Crippen molar-refractivity contribution in [1.29, 1.82) is 0 Å². The quantitative estimate of drug-likeness (QED) is 0.862. The average molecular weight is 338 g/mol. The Bertz CT molecular complexity index is 643. The molecule has 122 valence electrons. The number of carbonyl (C=O) groups excluding carboxylic acids is 1. The van der Waals surface area contributed by atoms with Crippen molar-refractivity contribution in [3.63, 3.8) is 0 Å². The average Bonchev–Trinajstić information content (AvgIpc) is 2.40. The van der Waals surface area contributed by atoms with E-state index in [1.807, 2.05) is 0 Å². The SMILES string of the molecule is O=C1NCCC[C@H]1NS(=O)(=O)c1ccc(OC(F)(F)F)cc1. The summed E-state index contributed by atoms with van der Waals surface area (Å²) in [6, 6.07) is 2.85. The van der Waals surface area contributed by atoms with E-state index in [2.05, 4.69) is 14.8 Å². The smallest absolute Gasteiger partial charge is 0.406 e. The van der Waals surface area contributed by atoms with E-state index in [-0.39, 0.29) is 4.90 Å². The van der Waals surface area contributed by atoms with Crippen molar-refractivity contribution in [2.24, 2.45) is 0 Å². The van der Waals surface area contributed by atoms with Gasteiger partial charge in [-0.05, 0) is 37.1 Å². The molecular formula is C12H13F3N2O4S. The minimum absolute atomic E-state index is 0.250. The van der Waals surface area contributed by atoms with Crippen molar-refractivity contribution in [1.82, 2.24) is 10.0 Å². The number of amides is 1. The highest BCUT2D eigenvalue weighted by atomic mass is 32.2. The molecule has 1 aliphatic heterocycles. The molecule has 0 saturated carbocycles. The lowest BCUT2D eigenvalue weighted by atomic mass is 10.1. The molecule has 0 radical (unpaired) electrons. The Morgan fingerprint density at radius 1 is 1.23 bits per heavy atom. The van der Waals surface area contributed by atoms with E-state index in [0.717, 1.165) is 24.3 Å². The number of alkyl halides is 3. The molecule has 0 aliphatic carbocycles. The predicted molar refractivity (Wildman–Crippen MR) is 69.5 cm³/mol. The van der Waals surface area contributed by atoms with Crippen molar-refractivity contribution in [3.8, 4) is 5.75 Å². The molecule has 0 spiro atoms. The Hall–Kier alpha value is -1.81. The van der Waals surface area contributed by atoms with E-state index >= 15 is 0 Å². The molecule has 2 rings (SSSR count). The monoisotopic (exact) mass is 338 g/mol. The lowest BCUT2D eigenvalue weighted by Crippen LogP contribution is -2.50. The van der Waals surface area contributed by atoms with Gasteiger partial charge < -0.3 is 10.1 Å². The van der Waals surface area contributed by atoms with Gasteiger partial charge in [-0.25, -0.2) is 8.42 Å². The van der Waals surface area contributed by atoms with Gasteiger partial charge in [-0.3, -0.25) is 4.79 Å². The molecule has 1 atom stereocenters. The van der Waals surface area contributed by atoms with Crippen LogP contribution in [0.15, 0.2) is 29.2 Å². The molecule has 1 heterocycles. The molecule has 0 aromatic heterocycles. The van der Waals surface area contributed by atoms with Gasteiger partial charge in [0.15, 0.2) is 0 Å². The van der Waals surface area contributed by atoms with Gasteiger partial charge in [0.25, 0.3) is 0 Å². The van der Waals surface area contributed by atoms with E-state index < -0.39 is 34.1 Å². The van der Waals surface area contributed by atoms with Crippen molar-refractivity contribution < 1.29 is 31.1 Å². The van der Waals surface area contributed by atoms with Gasteiger partial charge in [0, 0.05) is 6.54 Å². The number of benzene rings is 1. The van der Waals surface area contributed by atoms with Crippen LogP contribution in [-0.2, 0) is 14.8 Å². The van der Waals surface area contributed by atoms with Gasteiger partial charge in [0.2, 0.25) is 15.9 Å². The zero-order valence-electron chi connectivity index (χ0n) is 11.2. The fraction of sp³-hybridized carbons (Fsp3) is 0.417. The predicted octanol–water partition coefficient (Wildman–Crippen LogP) is 1.14. The van der Waals surface area contributed by atoms with Crippen molar-refractivity contribution in [2.45, 2.75) is 30.1 Å². The number of nitrogens with one attached hydrogen (secondary N) is 2. The number of hydrogen-bond acceptors (Lipinski definition) is 4. The highest BCUT2D eigenvalue weighted by molar-refractivity contribution is 7.89. The number of piperidine rings is 1. The largest absolute Gasteiger partial charge is 0.573 e. The Balaban J connectivity index is 2.10. The number of halogens is 3. The first-order valence-electron chi connectivity index (χ1n) is 6.33. The lowest BCUT2D eigenvalue weighted by molar-refractivity contribution is -0.274. The zero-order chi connectivity index (χ0) is 16.4. The Kier molecular flexibility index (Phi) is 4.61. The normalized spacial score (nSPS) is 19.6. The molecule has 2 N–H and O–H groups in total. The summed E-state index contributed by atoms with van der Waals surface area (Å²) in [7, 11) is -4.00. The molecule has 10 heteroatoms. The number of hydrogen-bond donors (Lipinski definition) is 2. The standard InChI is InChI=1S/C12H13F3N2O4S/c13-12(14,15)21-8-3-5-9(6-4-8)22(19,20)17-10-2-1-7-16-11(10)18/h3-6,10,17H,1-2,7H2,(H,16,18)/t10-/m1/s1. The second kappa shape index (κ2) is 6.13. The summed E-state index contributed by atoms with van der Waals surface area (Å²) >= 11 is 0. The third-order valence-corrected chi connectivity index (χ3v) is 4.44. The van der Waals surface area contributed by atoms with Gasteiger partial charge in [-0.2, -0.15) is 4.72 Å². The summed E-state index contributed by atoms with van der Waals surface area (Å²) in [6.07, 6.45) is -3.85. The first kappa shape index (κ1) is 16.6. The third kappa shape index (κ3) is 4.34. The molecule has 1 aliphatic rings. The topological polar surface area (TPSA) is 84.5 Å². The number of sulfonamides is 1. The Morgan fingerprint density at radius 2 is 1.86 bits per heavy atom. The minimum atomic E-state index is -4.85. The molecule has 22 heavy (non-hydrogen) atoms. The van der Waals surface area contributed by atoms with Crippen LogP contribution >= 0.6 is 0 Å². The fourth-order valence-corrected chi connectivity index (χ4v) is 3.19. The van der Waals surface area contributed by atoms with Gasteiger partial charge >= 0.3 is 6.36 Å². The molecule has 1 fully saturated rings. The van der Waals surface area contributed by atoms with E-state index in [0.29, 0.717) is 19.4 Å². The number of rotatable bonds is 4. The number of carbonyl (C=O) groups is 1. The molecule has 1 aromatic rings. The summed E-state index contributed by atoms with van der Waals surface area (Å²) in [5.74, 6) is -0.950. The van der Waals surface area contributed by atoms with Crippen molar-refractivity contribution in [2.75, 3.05) is 6.54 Å². The maximum Gasteiger partial charge on any atom is 0.573 e. The van der Waals surface area contributed by atoms with Crippen LogP contribution in [0.2, 0.25) is 0 Å². The van der Waals surface area contributed by atoms with Gasteiger partial charge in [-0.15, -0.1) is 13.2 Å². The minimum Gasteiger partial charge on any atom is -0.406 e. The van der Waals surface area contributed by atoms with Crippen molar-refractivity contribution >= 4 is 15.9 Å². The zero-order valence-corrected chi connectivity index (χ0v) is 12.0. The van der Waals surface area contributed by atoms with Gasteiger partial charge in [-0.1, -0.05) is 0 Å². The van der Waals surface area contributed by atoms with E-state index in [1.54, 1.807) is 0 Å². The maximum atomic E-state index is 12.1. The summed E-state index contributed by atoms with van der Waals surface area (Å²) in [5.41, 5.74) is 0. The second-order valence-corrected chi connectivity index (χ2v) is 6.34. The first-order chi connectivity index (χ1) is 10.2. The number of ether oxygens (including phenoxy) is 1. The van der Waals surface area contributed by atoms with Gasteiger partial charge in [0.1, 0.15) is 11.8 Å². The third-order valence-electron chi connectivity index (χ3n) is 2.95. The summed E-state index contributed by atoms with van der Waals surface area (Å²) in [6.45, 7) is 0.487. The van der Waals surface area contributed by atoms with Crippen LogP contribution < -0.4 is 14.8 Å². The Morgan fingerprint density at radius 3 is 2.41 bits per heavy atom. The molecule has 1 aromatic carbocycles. The van der Waals surface area contributed by atoms with Crippen LogP contribution in [0.1, 0.15) is 12.8 Å². The highest BCUT2D eigenvalue weighted by Crippen LogP contribution is 2.24.